The molecule has 1 fully saturated rings. The van der Waals surface area contributed by atoms with Crippen LogP contribution >= 0.6 is 0 Å². The average molecular weight is 297 g/mol. The third-order valence-electron chi connectivity index (χ3n) is 3.37. The third-order valence-corrected chi connectivity index (χ3v) is 3.37. The van der Waals surface area contributed by atoms with Gasteiger partial charge in [0.15, 0.2) is 0 Å². The van der Waals surface area contributed by atoms with E-state index in [1.807, 2.05) is 0 Å². The van der Waals surface area contributed by atoms with Crippen LogP contribution in [0.3, 0.4) is 0 Å². The van der Waals surface area contributed by atoms with Gasteiger partial charge in [0.25, 0.3) is 0 Å². The molecule has 0 heterocycles. The fourth-order valence-electron chi connectivity index (χ4n) is 2.19. The molecule has 0 bridgehead atoms. The normalized spacial score (nSPS) is 15.4. The number of benzene rings is 1. The highest BCUT2D eigenvalue weighted by Gasteiger charge is 2.30. The first-order valence-electron chi connectivity index (χ1n) is 6.80. The van der Waals surface area contributed by atoms with Crippen molar-refractivity contribution in [1.82, 2.24) is 5.32 Å². The molecule has 114 valence electrons. The molecule has 0 aliphatic heterocycles. The molecule has 1 aromatic rings. The van der Waals surface area contributed by atoms with Crippen LogP contribution in [0.4, 0.5) is 8.78 Å². The van der Waals surface area contributed by atoms with Crippen molar-refractivity contribution in [3.8, 4) is 0 Å². The Morgan fingerprint density at radius 1 is 1.29 bits per heavy atom. The van der Waals surface area contributed by atoms with Crippen molar-refractivity contribution in [2.24, 2.45) is 5.92 Å². The van der Waals surface area contributed by atoms with Crippen molar-refractivity contribution in [1.29, 1.82) is 0 Å². The number of halogens is 2. The van der Waals surface area contributed by atoms with Crippen LogP contribution in [-0.2, 0) is 20.7 Å². The minimum atomic E-state index is -0.736. The molecule has 1 saturated carbocycles. The molecule has 1 aliphatic rings. The summed E-state index contributed by atoms with van der Waals surface area (Å²) in [7, 11) is 1.26. The molecule has 1 atom stereocenters. The second-order valence-electron chi connectivity index (χ2n) is 5.28. The van der Waals surface area contributed by atoms with Crippen LogP contribution in [0.25, 0.3) is 0 Å². The molecule has 0 aromatic heterocycles. The van der Waals surface area contributed by atoms with Crippen molar-refractivity contribution >= 4 is 11.9 Å². The van der Waals surface area contributed by atoms with E-state index >= 15 is 0 Å². The highest BCUT2D eigenvalue weighted by molar-refractivity contribution is 5.85. The molecule has 1 amide bonds. The van der Waals surface area contributed by atoms with E-state index in [-0.39, 0.29) is 12.0 Å². The van der Waals surface area contributed by atoms with Crippen LogP contribution in [0.1, 0.15) is 24.8 Å². The van der Waals surface area contributed by atoms with Crippen LogP contribution in [0, 0.1) is 17.6 Å². The first-order chi connectivity index (χ1) is 9.97. The molecule has 1 aliphatic carbocycles. The Bertz CT molecular complexity index is 523. The monoisotopic (exact) mass is 297 g/mol. The number of nitrogens with one attached hydrogen (secondary N) is 1. The summed E-state index contributed by atoms with van der Waals surface area (Å²) in [5, 5.41) is 2.57. The molecule has 4 nitrogen and oxygen atoms in total. The first kappa shape index (κ1) is 15.4. The summed E-state index contributed by atoms with van der Waals surface area (Å²) >= 11 is 0. The Morgan fingerprint density at radius 3 is 2.43 bits per heavy atom. The predicted molar refractivity (Wildman–Crippen MR) is 71.3 cm³/mol. The van der Waals surface area contributed by atoms with Crippen LogP contribution < -0.4 is 5.32 Å². The molecule has 0 unspecified atom stereocenters. The number of amides is 1. The molecule has 1 N–H and O–H groups in total. The summed E-state index contributed by atoms with van der Waals surface area (Å²) in [5.41, 5.74) is 0.222. The Hall–Kier alpha value is -1.98. The van der Waals surface area contributed by atoms with Gasteiger partial charge < -0.3 is 10.1 Å². The topological polar surface area (TPSA) is 55.4 Å². The fraction of sp³-hybridized carbons (Fsp3) is 0.467. The van der Waals surface area contributed by atoms with Crippen molar-refractivity contribution < 1.29 is 23.1 Å². The van der Waals surface area contributed by atoms with Gasteiger partial charge in [-0.3, -0.25) is 4.79 Å². The van der Waals surface area contributed by atoms with E-state index < -0.39 is 29.6 Å². The summed E-state index contributed by atoms with van der Waals surface area (Å²) in [6.45, 7) is 0. The van der Waals surface area contributed by atoms with E-state index in [0.29, 0.717) is 12.3 Å². The Kier molecular flexibility index (Phi) is 4.88. The summed E-state index contributed by atoms with van der Waals surface area (Å²) in [5.74, 6) is -2.00. The van der Waals surface area contributed by atoms with Gasteiger partial charge in [0.05, 0.1) is 13.5 Å². The van der Waals surface area contributed by atoms with Crippen molar-refractivity contribution in [3.05, 3.63) is 35.4 Å². The number of hydrogen-bond donors (Lipinski definition) is 1. The zero-order valence-corrected chi connectivity index (χ0v) is 11.7. The lowest BCUT2D eigenvalue weighted by molar-refractivity contribution is -0.145. The lowest BCUT2D eigenvalue weighted by Gasteiger charge is -2.16. The van der Waals surface area contributed by atoms with Crippen LogP contribution in [0.5, 0.6) is 0 Å². The second-order valence-corrected chi connectivity index (χ2v) is 5.28. The standard InChI is InChI=1S/C15H17F2NO3/c1-21-15(20)13(6-9-2-3-9)18-14(19)7-10-4-11(16)8-12(17)5-10/h4-5,8-9,13H,2-3,6-7H2,1H3,(H,18,19)/t13-/m1/s1. The minimum absolute atomic E-state index is 0.188. The van der Waals surface area contributed by atoms with Gasteiger partial charge in [0.1, 0.15) is 17.7 Å². The zero-order valence-electron chi connectivity index (χ0n) is 11.7. The smallest absolute Gasteiger partial charge is 0.328 e. The molecular formula is C15H17F2NO3. The van der Waals surface area contributed by atoms with Crippen LogP contribution in [0.15, 0.2) is 18.2 Å². The Balaban J connectivity index is 1.96. The average Bonchev–Trinajstić information content (AvgIpc) is 3.19. The maximum Gasteiger partial charge on any atom is 0.328 e. The minimum Gasteiger partial charge on any atom is -0.467 e. The molecule has 0 radical (unpaired) electrons. The van der Waals surface area contributed by atoms with Gasteiger partial charge in [-0.25, -0.2) is 13.6 Å². The Labute approximate surface area is 121 Å². The van der Waals surface area contributed by atoms with Gasteiger partial charge in [-0.05, 0) is 30.0 Å². The van der Waals surface area contributed by atoms with Gasteiger partial charge in [0.2, 0.25) is 5.91 Å². The number of hydrogen-bond acceptors (Lipinski definition) is 3. The van der Waals surface area contributed by atoms with Gasteiger partial charge in [0, 0.05) is 6.07 Å². The number of esters is 1. The van der Waals surface area contributed by atoms with Gasteiger partial charge in [-0.1, -0.05) is 12.8 Å². The lowest BCUT2D eigenvalue weighted by atomic mass is 10.1. The van der Waals surface area contributed by atoms with E-state index in [4.69, 9.17) is 0 Å². The Morgan fingerprint density at radius 2 is 1.90 bits per heavy atom. The molecule has 1 aromatic carbocycles. The maximum absolute atomic E-state index is 13.1. The van der Waals surface area contributed by atoms with Crippen molar-refractivity contribution in [2.45, 2.75) is 31.7 Å². The number of carbonyl (C=O) groups is 2. The number of ether oxygens (including phenoxy) is 1. The summed E-state index contributed by atoms with van der Waals surface area (Å²) in [4.78, 5) is 23.5. The largest absolute Gasteiger partial charge is 0.467 e. The molecule has 2 rings (SSSR count). The summed E-state index contributed by atoms with van der Waals surface area (Å²) in [6, 6.07) is 2.23. The van der Waals surface area contributed by atoms with Crippen LogP contribution in [-0.4, -0.2) is 25.0 Å². The number of carbonyl (C=O) groups excluding carboxylic acids is 2. The molecule has 21 heavy (non-hydrogen) atoms. The quantitative estimate of drug-likeness (QED) is 0.817. The highest BCUT2D eigenvalue weighted by Crippen LogP contribution is 2.33. The zero-order chi connectivity index (χ0) is 15.4. The van der Waals surface area contributed by atoms with Gasteiger partial charge >= 0.3 is 5.97 Å². The molecular weight excluding hydrogens is 280 g/mol. The lowest BCUT2D eigenvalue weighted by Crippen LogP contribution is -2.42. The molecule has 0 spiro atoms. The highest BCUT2D eigenvalue weighted by atomic mass is 19.1. The van der Waals surface area contributed by atoms with E-state index in [0.717, 1.165) is 31.0 Å². The summed E-state index contributed by atoms with van der Waals surface area (Å²) < 4.78 is 30.8. The third kappa shape index (κ3) is 4.81. The maximum atomic E-state index is 13.1. The van der Waals surface area contributed by atoms with Gasteiger partial charge in [-0.2, -0.15) is 0 Å². The second kappa shape index (κ2) is 6.65. The number of methoxy groups -OCH3 is 1. The predicted octanol–water partition coefficient (Wildman–Crippen LogP) is 1.97. The van der Waals surface area contributed by atoms with Crippen LogP contribution in [0.2, 0.25) is 0 Å². The summed E-state index contributed by atoms with van der Waals surface area (Å²) in [6.07, 6.45) is 2.43. The van der Waals surface area contributed by atoms with Crippen molar-refractivity contribution in [2.75, 3.05) is 7.11 Å². The van der Waals surface area contributed by atoms with E-state index in [9.17, 15) is 18.4 Å². The molecule has 0 saturated heterocycles. The first-order valence-corrected chi connectivity index (χ1v) is 6.80. The number of rotatable bonds is 6. The molecule has 6 heteroatoms. The van der Waals surface area contributed by atoms with Crippen molar-refractivity contribution in [3.63, 3.8) is 0 Å². The SMILES string of the molecule is COC(=O)[C@@H](CC1CC1)NC(=O)Cc1cc(F)cc(F)c1. The fourth-order valence-corrected chi connectivity index (χ4v) is 2.19. The van der Waals surface area contributed by atoms with E-state index in [1.165, 1.54) is 7.11 Å². The van der Waals surface area contributed by atoms with Gasteiger partial charge in [-0.15, -0.1) is 0 Å². The van der Waals surface area contributed by atoms with E-state index in [2.05, 4.69) is 10.1 Å². The van der Waals surface area contributed by atoms with E-state index in [1.54, 1.807) is 0 Å².